The summed E-state index contributed by atoms with van der Waals surface area (Å²) in [7, 11) is 0. The van der Waals surface area contributed by atoms with Gasteiger partial charge in [-0.1, -0.05) is 24.6 Å². The molecule has 1 aromatic rings. The predicted molar refractivity (Wildman–Crippen MR) is 67.6 cm³/mol. The molecule has 0 saturated heterocycles. The van der Waals surface area contributed by atoms with Crippen LogP contribution in [0.4, 0.5) is 0 Å². The van der Waals surface area contributed by atoms with Crippen molar-refractivity contribution in [2.45, 2.75) is 56.0 Å². The number of aryl methyl sites for hydroxylation is 2. The molecule has 1 aliphatic rings. The van der Waals surface area contributed by atoms with Crippen LogP contribution in [0.3, 0.4) is 0 Å². The van der Waals surface area contributed by atoms with Crippen molar-refractivity contribution < 1.29 is 0 Å². The molecule has 3 nitrogen and oxygen atoms in total. The molecule has 0 spiro atoms. The SMILES string of the molecule is Cc1cc(C)nc(SC2CCCCC2N)n1. The van der Waals surface area contributed by atoms with Gasteiger partial charge in [-0.3, -0.25) is 0 Å². The van der Waals surface area contributed by atoms with Crippen LogP contribution >= 0.6 is 11.8 Å². The van der Waals surface area contributed by atoms with E-state index in [0.717, 1.165) is 23.0 Å². The highest BCUT2D eigenvalue weighted by molar-refractivity contribution is 7.99. The molecule has 0 aromatic carbocycles. The van der Waals surface area contributed by atoms with E-state index in [0.29, 0.717) is 11.3 Å². The highest BCUT2D eigenvalue weighted by atomic mass is 32.2. The molecule has 1 fully saturated rings. The van der Waals surface area contributed by atoms with E-state index in [9.17, 15) is 0 Å². The maximum atomic E-state index is 6.13. The third-order valence-corrected chi connectivity index (χ3v) is 4.25. The van der Waals surface area contributed by atoms with Crippen LogP contribution in [0.1, 0.15) is 37.1 Å². The molecule has 0 amide bonds. The summed E-state index contributed by atoms with van der Waals surface area (Å²) in [4.78, 5) is 8.92. The molecule has 1 aromatic heterocycles. The van der Waals surface area contributed by atoms with E-state index >= 15 is 0 Å². The van der Waals surface area contributed by atoms with Crippen molar-refractivity contribution in [2.24, 2.45) is 5.73 Å². The second-order valence-corrected chi connectivity index (χ2v) is 5.74. The normalized spacial score (nSPS) is 25.7. The van der Waals surface area contributed by atoms with Gasteiger partial charge in [-0.05, 0) is 32.8 Å². The Bertz CT molecular complexity index is 347. The second kappa shape index (κ2) is 5.15. The van der Waals surface area contributed by atoms with Crippen LogP contribution in [0.15, 0.2) is 11.2 Å². The summed E-state index contributed by atoms with van der Waals surface area (Å²) >= 11 is 1.75. The van der Waals surface area contributed by atoms with Crippen LogP contribution in [0.5, 0.6) is 0 Å². The lowest BCUT2D eigenvalue weighted by Crippen LogP contribution is -2.35. The van der Waals surface area contributed by atoms with Crippen molar-refractivity contribution in [3.8, 4) is 0 Å². The average molecular weight is 237 g/mol. The molecular weight excluding hydrogens is 218 g/mol. The maximum absolute atomic E-state index is 6.13. The smallest absolute Gasteiger partial charge is 0.188 e. The monoisotopic (exact) mass is 237 g/mol. The van der Waals surface area contributed by atoms with Gasteiger partial charge < -0.3 is 5.73 Å². The van der Waals surface area contributed by atoms with Crippen molar-refractivity contribution in [3.63, 3.8) is 0 Å². The van der Waals surface area contributed by atoms with E-state index in [-0.39, 0.29) is 0 Å². The van der Waals surface area contributed by atoms with Gasteiger partial charge >= 0.3 is 0 Å². The van der Waals surface area contributed by atoms with Gasteiger partial charge in [0.25, 0.3) is 0 Å². The number of thioether (sulfide) groups is 1. The van der Waals surface area contributed by atoms with Crippen molar-refractivity contribution in [3.05, 3.63) is 17.5 Å². The quantitative estimate of drug-likeness (QED) is 0.803. The Morgan fingerprint density at radius 3 is 2.44 bits per heavy atom. The zero-order valence-corrected chi connectivity index (χ0v) is 10.8. The minimum absolute atomic E-state index is 0.308. The molecule has 0 aliphatic heterocycles. The number of nitrogens with zero attached hydrogens (tertiary/aromatic N) is 2. The number of rotatable bonds is 2. The zero-order valence-electron chi connectivity index (χ0n) is 9.94. The Morgan fingerprint density at radius 1 is 1.19 bits per heavy atom. The molecule has 1 aliphatic carbocycles. The van der Waals surface area contributed by atoms with E-state index in [1.54, 1.807) is 11.8 Å². The first-order valence-corrected chi connectivity index (χ1v) is 6.77. The van der Waals surface area contributed by atoms with E-state index < -0.39 is 0 Å². The first-order chi connectivity index (χ1) is 7.65. The maximum Gasteiger partial charge on any atom is 0.188 e. The molecule has 1 saturated carbocycles. The van der Waals surface area contributed by atoms with Crippen LogP contribution in [-0.2, 0) is 0 Å². The Hall–Kier alpha value is -0.610. The summed E-state index contributed by atoms with van der Waals surface area (Å²) in [6.07, 6.45) is 4.90. The Kier molecular flexibility index (Phi) is 3.82. The van der Waals surface area contributed by atoms with Gasteiger partial charge in [0.05, 0.1) is 0 Å². The Balaban J connectivity index is 2.07. The predicted octanol–water partition coefficient (Wildman–Crippen LogP) is 2.46. The summed E-state index contributed by atoms with van der Waals surface area (Å²) in [6, 6.07) is 2.31. The Labute approximate surface area is 101 Å². The number of nitrogens with two attached hydrogens (primary N) is 1. The summed E-state index contributed by atoms with van der Waals surface area (Å²) in [6.45, 7) is 4.03. The standard InChI is InChI=1S/C12H19N3S/c1-8-7-9(2)15-12(14-8)16-11-6-4-3-5-10(11)13/h7,10-11H,3-6,13H2,1-2H3. The van der Waals surface area contributed by atoms with Gasteiger partial charge in [-0.15, -0.1) is 0 Å². The molecule has 2 unspecified atom stereocenters. The molecule has 0 bridgehead atoms. The summed E-state index contributed by atoms with van der Waals surface area (Å²) in [5.41, 5.74) is 8.21. The highest BCUT2D eigenvalue weighted by Gasteiger charge is 2.23. The fourth-order valence-electron chi connectivity index (χ4n) is 2.15. The molecule has 88 valence electrons. The van der Waals surface area contributed by atoms with Crippen LogP contribution in [0.25, 0.3) is 0 Å². The minimum Gasteiger partial charge on any atom is -0.327 e. The topological polar surface area (TPSA) is 51.8 Å². The second-order valence-electron chi connectivity index (χ2n) is 4.54. The van der Waals surface area contributed by atoms with Gasteiger partial charge in [0.2, 0.25) is 0 Å². The third kappa shape index (κ3) is 2.95. The third-order valence-electron chi connectivity index (χ3n) is 2.97. The summed E-state index contributed by atoms with van der Waals surface area (Å²) in [5, 5.41) is 1.38. The molecular formula is C12H19N3S. The van der Waals surface area contributed by atoms with Crippen LogP contribution in [-0.4, -0.2) is 21.3 Å². The summed E-state index contributed by atoms with van der Waals surface area (Å²) in [5.74, 6) is 0. The fraction of sp³-hybridized carbons (Fsp3) is 0.667. The van der Waals surface area contributed by atoms with E-state index in [1.165, 1.54) is 19.3 Å². The molecule has 2 rings (SSSR count). The average Bonchev–Trinajstić information content (AvgIpc) is 2.20. The van der Waals surface area contributed by atoms with Crippen molar-refractivity contribution >= 4 is 11.8 Å². The van der Waals surface area contributed by atoms with Gasteiger partial charge in [-0.25, -0.2) is 9.97 Å². The molecule has 16 heavy (non-hydrogen) atoms. The first kappa shape index (κ1) is 11.9. The highest BCUT2D eigenvalue weighted by Crippen LogP contribution is 2.31. The van der Waals surface area contributed by atoms with Gasteiger partial charge in [0, 0.05) is 22.7 Å². The Morgan fingerprint density at radius 2 is 1.81 bits per heavy atom. The van der Waals surface area contributed by atoms with Crippen molar-refractivity contribution in [1.29, 1.82) is 0 Å². The largest absolute Gasteiger partial charge is 0.327 e. The lowest BCUT2D eigenvalue weighted by Gasteiger charge is -2.27. The molecule has 1 heterocycles. The first-order valence-electron chi connectivity index (χ1n) is 5.89. The number of hydrogen-bond donors (Lipinski definition) is 1. The lowest BCUT2D eigenvalue weighted by atomic mass is 9.96. The molecule has 2 N–H and O–H groups in total. The summed E-state index contributed by atoms with van der Waals surface area (Å²) < 4.78 is 0. The number of aromatic nitrogens is 2. The lowest BCUT2D eigenvalue weighted by molar-refractivity contribution is 0.452. The van der Waals surface area contributed by atoms with Gasteiger partial charge in [0.1, 0.15) is 0 Å². The van der Waals surface area contributed by atoms with E-state index in [1.807, 2.05) is 19.9 Å². The van der Waals surface area contributed by atoms with Crippen LogP contribution < -0.4 is 5.73 Å². The molecule has 4 heteroatoms. The fourth-order valence-corrected chi connectivity index (χ4v) is 3.41. The zero-order chi connectivity index (χ0) is 11.5. The minimum atomic E-state index is 0.308. The van der Waals surface area contributed by atoms with Crippen LogP contribution in [0.2, 0.25) is 0 Å². The number of hydrogen-bond acceptors (Lipinski definition) is 4. The van der Waals surface area contributed by atoms with Crippen molar-refractivity contribution in [1.82, 2.24) is 9.97 Å². The van der Waals surface area contributed by atoms with Gasteiger partial charge in [0.15, 0.2) is 5.16 Å². The molecule has 0 radical (unpaired) electrons. The van der Waals surface area contributed by atoms with Crippen LogP contribution in [0, 0.1) is 13.8 Å². The van der Waals surface area contributed by atoms with Gasteiger partial charge in [-0.2, -0.15) is 0 Å². The van der Waals surface area contributed by atoms with E-state index in [4.69, 9.17) is 5.73 Å². The van der Waals surface area contributed by atoms with Crippen molar-refractivity contribution in [2.75, 3.05) is 0 Å². The molecule has 2 atom stereocenters. The van der Waals surface area contributed by atoms with E-state index in [2.05, 4.69) is 9.97 Å².